The van der Waals surface area contributed by atoms with E-state index >= 15 is 0 Å². The molecule has 0 radical (unpaired) electrons. The topological polar surface area (TPSA) is 41.1 Å². The van der Waals surface area contributed by atoms with Crippen LogP contribution in [0.1, 0.15) is 33.3 Å². The second-order valence-electron chi connectivity index (χ2n) is 5.14. The van der Waals surface area contributed by atoms with Gasteiger partial charge in [-0.15, -0.1) is 0 Å². The van der Waals surface area contributed by atoms with Crippen molar-refractivity contribution in [1.29, 1.82) is 0 Å². The average Bonchev–Trinajstić information content (AvgIpc) is 2.26. The Hall–Kier alpha value is -1.35. The Labute approximate surface area is 104 Å². The molecule has 2 N–H and O–H groups in total. The van der Waals surface area contributed by atoms with Crippen LogP contribution < -0.4 is 10.6 Å². The van der Waals surface area contributed by atoms with Gasteiger partial charge in [-0.05, 0) is 18.2 Å². The van der Waals surface area contributed by atoms with E-state index in [4.69, 9.17) is 0 Å². The van der Waals surface area contributed by atoms with Gasteiger partial charge in [-0.3, -0.25) is 4.79 Å². The van der Waals surface area contributed by atoms with Crippen LogP contribution in [0, 0.1) is 5.41 Å². The van der Waals surface area contributed by atoms with Gasteiger partial charge < -0.3 is 10.6 Å². The first-order valence-electron chi connectivity index (χ1n) is 6.05. The first kappa shape index (κ1) is 13.7. The van der Waals surface area contributed by atoms with Gasteiger partial charge in [0.15, 0.2) is 0 Å². The molecular formula is C14H22N2O. The fourth-order valence-corrected chi connectivity index (χ4v) is 1.37. The van der Waals surface area contributed by atoms with Crippen molar-refractivity contribution in [2.75, 3.05) is 11.9 Å². The van der Waals surface area contributed by atoms with Crippen LogP contribution in [0.3, 0.4) is 0 Å². The minimum atomic E-state index is -0.370. The normalized spacial score (nSPS) is 11.3. The Morgan fingerprint density at radius 3 is 2.47 bits per heavy atom. The molecule has 1 amide bonds. The van der Waals surface area contributed by atoms with Crippen molar-refractivity contribution in [3.8, 4) is 0 Å². The van der Waals surface area contributed by atoms with E-state index in [0.29, 0.717) is 0 Å². The predicted molar refractivity (Wildman–Crippen MR) is 71.9 cm³/mol. The molecule has 3 heteroatoms. The van der Waals surface area contributed by atoms with Crippen LogP contribution in [0.25, 0.3) is 0 Å². The highest BCUT2D eigenvalue weighted by Crippen LogP contribution is 2.20. The molecule has 0 saturated carbocycles. The van der Waals surface area contributed by atoms with Crippen molar-refractivity contribution in [3.63, 3.8) is 0 Å². The first-order valence-corrected chi connectivity index (χ1v) is 6.05. The maximum absolute atomic E-state index is 11.9. The quantitative estimate of drug-likeness (QED) is 0.841. The van der Waals surface area contributed by atoms with Crippen molar-refractivity contribution < 1.29 is 4.79 Å². The van der Waals surface area contributed by atoms with Crippen LogP contribution in [0.2, 0.25) is 0 Å². The predicted octanol–water partition coefficient (Wildman–Crippen LogP) is 2.78. The summed E-state index contributed by atoms with van der Waals surface area (Å²) in [5.41, 5.74) is 1.64. The highest BCUT2D eigenvalue weighted by Gasteiger charge is 2.21. The SMILES string of the molecule is CCNCc1ccccc1NC(=O)C(C)(C)C. The number of hydrogen-bond donors (Lipinski definition) is 2. The van der Waals surface area contributed by atoms with Crippen molar-refractivity contribution in [3.05, 3.63) is 29.8 Å². The number of carbonyl (C=O) groups excluding carboxylic acids is 1. The van der Waals surface area contributed by atoms with Crippen molar-refractivity contribution in [2.45, 2.75) is 34.2 Å². The summed E-state index contributed by atoms with van der Waals surface area (Å²) >= 11 is 0. The summed E-state index contributed by atoms with van der Waals surface area (Å²) in [5, 5.41) is 6.25. The van der Waals surface area contributed by atoms with E-state index in [-0.39, 0.29) is 11.3 Å². The molecule has 0 atom stereocenters. The molecule has 0 fully saturated rings. The van der Waals surface area contributed by atoms with Gasteiger partial charge >= 0.3 is 0 Å². The van der Waals surface area contributed by atoms with Gasteiger partial charge in [0, 0.05) is 17.6 Å². The summed E-state index contributed by atoms with van der Waals surface area (Å²) in [6.07, 6.45) is 0. The molecular weight excluding hydrogens is 212 g/mol. The minimum absolute atomic E-state index is 0.0430. The molecule has 1 rings (SSSR count). The lowest BCUT2D eigenvalue weighted by Crippen LogP contribution is -2.28. The molecule has 0 bridgehead atoms. The number of para-hydroxylation sites is 1. The van der Waals surface area contributed by atoms with Gasteiger partial charge in [-0.1, -0.05) is 45.9 Å². The lowest BCUT2D eigenvalue weighted by Gasteiger charge is -2.19. The fourth-order valence-electron chi connectivity index (χ4n) is 1.37. The summed E-state index contributed by atoms with van der Waals surface area (Å²) in [6.45, 7) is 9.49. The van der Waals surface area contributed by atoms with Gasteiger partial charge in [0.1, 0.15) is 0 Å². The lowest BCUT2D eigenvalue weighted by atomic mass is 9.95. The molecule has 0 saturated heterocycles. The smallest absolute Gasteiger partial charge is 0.229 e. The van der Waals surface area contributed by atoms with Crippen LogP contribution in [0.4, 0.5) is 5.69 Å². The summed E-state index contributed by atoms with van der Waals surface area (Å²) < 4.78 is 0. The highest BCUT2D eigenvalue weighted by atomic mass is 16.2. The van der Waals surface area contributed by atoms with E-state index < -0.39 is 0 Å². The molecule has 0 aliphatic carbocycles. The summed E-state index contributed by atoms with van der Waals surface area (Å²) in [4.78, 5) is 11.9. The lowest BCUT2D eigenvalue weighted by molar-refractivity contribution is -0.123. The summed E-state index contributed by atoms with van der Waals surface area (Å²) in [7, 11) is 0. The maximum Gasteiger partial charge on any atom is 0.229 e. The van der Waals surface area contributed by atoms with E-state index in [0.717, 1.165) is 24.3 Å². The monoisotopic (exact) mass is 234 g/mol. The summed E-state index contributed by atoms with van der Waals surface area (Å²) in [6, 6.07) is 7.89. The molecule has 1 aromatic rings. The molecule has 17 heavy (non-hydrogen) atoms. The Balaban J connectivity index is 2.80. The molecule has 1 aromatic carbocycles. The standard InChI is InChI=1S/C14H22N2O/c1-5-15-10-11-8-6-7-9-12(11)16-13(17)14(2,3)4/h6-9,15H,5,10H2,1-4H3,(H,16,17). The van der Waals surface area contributed by atoms with E-state index in [2.05, 4.69) is 17.6 Å². The van der Waals surface area contributed by atoms with E-state index in [1.807, 2.05) is 45.0 Å². The van der Waals surface area contributed by atoms with E-state index in [1.165, 1.54) is 0 Å². The number of nitrogens with one attached hydrogen (secondary N) is 2. The van der Waals surface area contributed by atoms with Crippen LogP contribution in [0.5, 0.6) is 0 Å². The third kappa shape index (κ3) is 4.19. The van der Waals surface area contributed by atoms with Gasteiger partial charge in [0.25, 0.3) is 0 Å². The van der Waals surface area contributed by atoms with Crippen LogP contribution in [0.15, 0.2) is 24.3 Å². The van der Waals surface area contributed by atoms with Crippen LogP contribution >= 0.6 is 0 Å². The number of carbonyl (C=O) groups is 1. The Kier molecular flexibility index (Phi) is 4.70. The second-order valence-corrected chi connectivity index (χ2v) is 5.14. The molecule has 0 aliphatic heterocycles. The largest absolute Gasteiger partial charge is 0.325 e. The van der Waals surface area contributed by atoms with Gasteiger partial charge in [0.05, 0.1) is 0 Å². The molecule has 0 aliphatic rings. The Morgan fingerprint density at radius 1 is 1.24 bits per heavy atom. The molecule has 3 nitrogen and oxygen atoms in total. The Morgan fingerprint density at radius 2 is 1.88 bits per heavy atom. The second kappa shape index (κ2) is 5.82. The number of benzene rings is 1. The Bertz CT molecular complexity index is 380. The molecule has 94 valence electrons. The zero-order chi connectivity index (χ0) is 12.9. The number of amides is 1. The minimum Gasteiger partial charge on any atom is -0.325 e. The fraction of sp³-hybridized carbons (Fsp3) is 0.500. The molecule has 0 spiro atoms. The first-order chi connectivity index (χ1) is 7.95. The van der Waals surface area contributed by atoms with E-state index in [9.17, 15) is 4.79 Å². The van der Waals surface area contributed by atoms with Gasteiger partial charge in [-0.2, -0.15) is 0 Å². The van der Waals surface area contributed by atoms with Gasteiger partial charge in [0.2, 0.25) is 5.91 Å². The van der Waals surface area contributed by atoms with Gasteiger partial charge in [-0.25, -0.2) is 0 Å². The highest BCUT2D eigenvalue weighted by molar-refractivity contribution is 5.95. The molecule has 0 aromatic heterocycles. The van der Waals surface area contributed by atoms with Crippen molar-refractivity contribution in [1.82, 2.24) is 5.32 Å². The van der Waals surface area contributed by atoms with Crippen LogP contribution in [-0.2, 0) is 11.3 Å². The summed E-state index contributed by atoms with van der Waals surface area (Å²) in [5.74, 6) is 0.0430. The molecule has 0 heterocycles. The maximum atomic E-state index is 11.9. The number of anilines is 1. The van der Waals surface area contributed by atoms with E-state index in [1.54, 1.807) is 0 Å². The number of rotatable bonds is 4. The zero-order valence-corrected chi connectivity index (χ0v) is 11.1. The van der Waals surface area contributed by atoms with Crippen molar-refractivity contribution >= 4 is 11.6 Å². The average molecular weight is 234 g/mol. The van der Waals surface area contributed by atoms with Crippen molar-refractivity contribution in [2.24, 2.45) is 5.41 Å². The number of hydrogen-bond acceptors (Lipinski definition) is 2. The third-order valence-electron chi connectivity index (χ3n) is 2.51. The van der Waals surface area contributed by atoms with Crippen LogP contribution in [-0.4, -0.2) is 12.5 Å². The molecule has 0 unspecified atom stereocenters. The zero-order valence-electron chi connectivity index (χ0n) is 11.1. The third-order valence-corrected chi connectivity index (χ3v) is 2.51.